The third-order valence-electron chi connectivity index (χ3n) is 10.7. The molecule has 340 valence electrons. The lowest BCUT2D eigenvalue weighted by molar-refractivity contribution is -0.193. The van der Waals surface area contributed by atoms with Crippen molar-refractivity contribution in [1.29, 1.82) is 0 Å². The van der Waals surface area contributed by atoms with Gasteiger partial charge in [0.25, 0.3) is 0 Å². The zero-order valence-corrected chi connectivity index (χ0v) is 36.6. The Morgan fingerprint density at radius 3 is 1.11 bits per heavy atom. The molecular formula is C54H58O11. The van der Waals surface area contributed by atoms with E-state index < -0.39 is 55.2 Å². The van der Waals surface area contributed by atoms with Gasteiger partial charge in [0.2, 0.25) is 0 Å². The second kappa shape index (κ2) is 25.8. The molecule has 8 rings (SSSR count). The van der Waals surface area contributed by atoms with Gasteiger partial charge in [-0.2, -0.15) is 0 Å². The number of hydrogen-bond acceptors (Lipinski definition) is 11. The molecule has 65 heavy (non-hydrogen) atoms. The van der Waals surface area contributed by atoms with Crippen LogP contribution in [-0.4, -0.2) is 73.5 Å². The quantitative estimate of drug-likeness (QED) is 0.0699. The smallest absolute Gasteiger partial charge is 0.303 e. The van der Waals surface area contributed by atoms with Crippen molar-refractivity contribution < 1.29 is 52.5 Å². The third-order valence-corrected chi connectivity index (χ3v) is 10.7. The highest BCUT2D eigenvalue weighted by molar-refractivity contribution is 5.66. The molecule has 0 amide bonds. The first-order chi connectivity index (χ1) is 32.0. The van der Waals surface area contributed by atoms with Crippen molar-refractivity contribution in [1.82, 2.24) is 0 Å². The van der Waals surface area contributed by atoms with E-state index in [-0.39, 0.29) is 6.61 Å². The normalized spacial score (nSPS) is 22.5. The maximum Gasteiger partial charge on any atom is 0.303 e. The van der Waals surface area contributed by atoms with Crippen molar-refractivity contribution in [3.63, 3.8) is 0 Å². The Labute approximate surface area is 381 Å². The molecule has 0 radical (unpaired) electrons. The Kier molecular flexibility index (Phi) is 18.8. The first-order valence-corrected chi connectivity index (χ1v) is 22.0. The minimum atomic E-state index is -0.905. The summed E-state index contributed by atoms with van der Waals surface area (Å²) in [6, 6.07) is 59.2. The molecule has 11 nitrogen and oxygen atoms in total. The fraction of sp³-hybridized carbons (Fsp3) is 0.315. The lowest BCUT2D eigenvalue weighted by Crippen LogP contribution is -2.40. The van der Waals surface area contributed by atoms with Crippen LogP contribution in [0.15, 0.2) is 182 Å². The van der Waals surface area contributed by atoms with Gasteiger partial charge in [-0.1, -0.05) is 182 Å². The number of rotatable bonds is 21. The lowest BCUT2D eigenvalue weighted by Gasteiger charge is -2.24. The van der Waals surface area contributed by atoms with Crippen LogP contribution < -0.4 is 0 Å². The number of hydrogen-bond donors (Lipinski definition) is 1. The van der Waals surface area contributed by atoms with Crippen molar-refractivity contribution in [2.24, 2.45) is 0 Å². The highest BCUT2D eigenvalue weighted by atomic mass is 16.7. The van der Waals surface area contributed by atoms with E-state index in [0.29, 0.717) is 46.2 Å². The summed E-state index contributed by atoms with van der Waals surface area (Å²) in [5.41, 5.74) is 6.21. The van der Waals surface area contributed by atoms with E-state index in [1.165, 1.54) is 6.92 Å². The van der Waals surface area contributed by atoms with Crippen molar-refractivity contribution in [2.75, 3.05) is 13.2 Å². The Morgan fingerprint density at radius 2 is 0.723 bits per heavy atom. The molecule has 11 heteroatoms. The van der Waals surface area contributed by atoms with Crippen LogP contribution in [0.2, 0.25) is 0 Å². The molecule has 0 bridgehead atoms. The Morgan fingerprint density at radius 1 is 0.415 bits per heavy atom. The topological polar surface area (TPSA) is 120 Å². The Hall–Kier alpha value is -5.57. The van der Waals surface area contributed by atoms with Crippen LogP contribution in [0.25, 0.3) is 0 Å². The highest BCUT2D eigenvalue weighted by Crippen LogP contribution is 2.31. The van der Waals surface area contributed by atoms with E-state index in [4.69, 9.17) is 42.6 Å². The molecule has 2 unspecified atom stereocenters. The van der Waals surface area contributed by atoms with E-state index in [0.717, 1.165) is 33.4 Å². The van der Waals surface area contributed by atoms with Gasteiger partial charge in [0.1, 0.15) is 30.5 Å². The van der Waals surface area contributed by atoms with Crippen molar-refractivity contribution in [2.45, 2.75) is 95.8 Å². The van der Waals surface area contributed by atoms with Crippen LogP contribution in [0, 0.1) is 0 Å². The van der Waals surface area contributed by atoms with Gasteiger partial charge in [-0.15, -0.1) is 0 Å². The minimum absolute atomic E-state index is 0.275. The number of benzene rings is 6. The molecule has 2 saturated heterocycles. The summed E-state index contributed by atoms with van der Waals surface area (Å²) < 4.78 is 53.9. The highest BCUT2D eigenvalue weighted by Gasteiger charge is 2.49. The van der Waals surface area contributed by atoms with Gasteiger partial charge in [0, 0.05) is 6.92 Å². The molecule has 8 atom stereocenters. The monoisotopic (exact) mass is 882 g/mol. The van der Waals surface area contributed by atoms with Gasteiger partial charge in [-0.25, -0.2) is 0 Å². The minimum Gasteiger partial charge on any atom is -0.454 e. The first kappa shape index (κ1) is 47.4. The predicted molar refractivity (Wildman–Crippen MR) is 244 cm³/mol. The van der Waals surface area contributed by atoms with E-state index in [9.17, 15) is 9.90 Å². The van der Waals surface area contributed by atoms with E-state index in [1.54, 1.807) is 0 Å². The summed E-state index contributed by atoms with van der Waals surface area (Å²) in [4.78, 5) is 11.9. The molecule has 2 aliphatic heterocycles. The van der Waals surface area contributed by atoms with E-state index in [1.807, 2.05) is 182 Å². The molecule has 2 aliphatic rings. The summed E-state index contributed by atoms with van der Waals surface area (Å²) >= 11 is 0. The Balaban J connectivity index is 0.000000195. The summed E-state index contributed by atoms with van der Waals surface area (Å²) in [7, 11) is 0. The summed E-state index contributed by atoms with van der Waals surface area (Å²) in [6.45, 7) is 4.28. The zero-order valence-electron chi connectivity index (χ0n) is 36.6. The van der Waals surface area contributed by atoms with Gasteiger partial charge < -0.3 is 47.7 Å². The van der Waals surface area contributed by atoms with Gasteiger partial charge in [-0.05, 0) is 33.4 Å². The largest absolute Gasteiger partial charge is 0.454 e. The molecule has 0 aromatic heterocycles. The fourth-order valence-electron chi connectivity index (χ4n) is 7.43. The number of aliphatic hydroxyl groups is 1. The van der Waals surface area contributed by atoms with Gasteiger partial charge in [0.15, 0.2) is 18.7 Å². The number of esters is 1. The molecule has 2 heterocycles. The van der Waals surface area contributed by atoms with Crippen LogP contribution >= 0.6 is 0 Å². The lowest BCUT2D eigenvalue weighted by atomic mass is 10.1. The average molecular weight is 883 g/mol. The van der Waals surface area contributed by atoms with Crippen LogP contribution in [0.1, 0.15) is 40.3 Å². The predicted octanol–water partition coefficient (Wildman–Crippen LogP) is 8.75. The van der Waals surface area contributed by atoms with Gasteiger partial charge in [0.05, 0.1) is 52.9 Å². The molecule has 1 N–H and O–H groups in total. The van der Waals surface area contributed by atoms with Crippen molar-refractivity contribution in [3.8, 4) is 0 Å². The number of carbonyl (C=O) groups excluding carboxylic acids is 1. The second-order valence-electron chi connectivity index (χ2n) is 15.8. The molecule has 6 aromatic carbocycles. The van der Waals surface area contributed by atoms with Crippen LogP contribution in [-0.2, 0) is 87.1 Å². The Bertz CT molecular complexity index is 2200. The summed E-state index contributed by atoms with van der Waals surface area (Å²) in [6.07, 6.45) is -5.13. The summed E-state index contributed by atoms with van der Waals surface area (Å²) in [5.74, 6) is -0.416. The molecule has 2 fully saturated rings. The first-order valence-electron chi connectivity index (χ1n) is 22.0. The molecule has 0 spiro atoms. The maximum absolute atomic E-state index is 11.9. The zero-order chi connectivity index (χ0) is 44.9. The van der Waals surface area contributed by atoms with Crippen molar-refractivity contribution in [3.05, 3.63) is 215 Å². The summed E-state index contributed by atoms with van der Waals surface area (Å²) in [5, 5.41) is 10.9. The SMILES string of the molecule is CC(=O)O[C@H]1C(OCc2ccccc2)[C@@H](COCc2ccccc2)O[C@@H]1OCc1ccccc1.O[C@H]1C(OCc2ccccc2)[C@@H](COCc2ccccc2)O[C@@H]1OCc1ccccc1. The van der Waals surface area contributed by atoms with E-state index >= 15 is 0 Å². The van der Waals surface area contributed by atoms with Crippen LogP contribution in [0.5, 0.6) is 0 Å². The average Bonchev–Trinajstić information content (AvgIpc) is 3.83. The second-order valence-corrected chi connectivity index (χ2v) is 15.8. The van der Waals surface area contributed by atoms with Crippen molar-refractivity contribution >= 4 is 5.97 Å². The number of ether oxygens (including phenoxy) is 9. The molecule has 0 aliphatic carbocycles. The van der Waals surface area contributed by atoms with E-state index in [2.05, 4.69) is 0 Å². The maximum atomic E-state index is 11.9. The molecular weight excluding hydrogens is 825 g/mol. The molecule has 6 aromatic rings. The molecule has 0 saturated carbocycles. The van der Waals surface area contributed by atoms with Crippen LogP contribution in [0.3, 0.4) is 0 Å². The number of aliphatic hydroxyl groups excluding tert-OH is 1. The van der Waals surface area contributed by atoms with Gasteiger partial charge in [-0.3, -0.25) is 4.79 Å². The number of carbonyl (C=O) groups is 1. The van der Waals surface area contributed by atoms with Crippen LogP contribution in [0.4, 0.5) is 0 Å². The third kappa shape index (κ3) is 15.3. The standard InChI is InChI=1S/C28H30O6.C26H28O5/c1-21(29)33-27-26(31-18-23-13-7-3-8-14-23)25(20-30-17-22-11-5-2-6-12-22)34-28(27)32-19-24-15-9-4-10-16-24;27-24-25(29-17-21-12-6-2-7-13-21)23(19-28-16-20-10-4-1-5-11-20)31-26(24)30-18-22-14-8-3-9-15-22/h2-16,25-28H,17-20H2,1H3;1-15,23-27H,16-19H2/t25-,26?,27+,28+;23-,24+,25?,26+/m11/s1. The fourth-order valence-corrected chi connectivity index (χ4v) is 7.43. The van der Waals surface area contributed by atoms with Gasteiger partial charge >= 0.3 is 5.97 Å².